The van der Waals surface area contributed by atoms with Gasteiger partial charge in [-0.2, -0.15) is 0 Å². The Morgan fingerprint density at radius 2 is 2.00 bits per heavy atom. The van der Waals surface area contributed by atoms with E-state index in [1.807, 2.05) is 32.0 Å². The minimum atomic E-state index is -0.361. The summed E-state index contributed by atoms with van der Waals surface area (Å²) in [5, 5.41) is 0. The number of hydrogen-bond acceptors (Lipinski definition) is 2. The zero-order valence-corrected chi connectivity index (χ0v) is 12.3. The van der Waals surface area contributed by atoms with Gasteiger partial charge in [0.1, 0.15) is 23.2 Å². The van der Waals surface area contributed by atoms with Crippen molar-refractivity contribution in [2.75, 3.05) is 0 Å². The molecule has 2 N–H and O–H groups in total. The van der Waals surface area contributed by atoms with Gasteiger partial charge in [0.25, 0.3) is 0 Å². The van der Waals surface area contributed by atoms with Crippen molar-refractivity contribution in [3.8, 4) is 5.75 Å². The molecule has 2 nitrogen and oxygen atoms in total. The molecule has 0 unspecified atom stereocenters. The lowest BCUT2D eigenvalue weighted by Crippen LogP contribution is -2.10. The summed E-state index contributed by atoms with van der Waals surface area (Å²) < 4.78 is 19.6. The van der Waals surface area contributed by atoms with Gasteiger partial charge in [0.05, 0.1) is 0 Å². The van der Waals surface area contributed by atoms with Crippen molar-refractivity contribution in [2.24, 2.45) is 5.73 Å². The molecule has 0 saturated carbocycles. The molecule has 0 bridgehead atoms. The molecule has 4 heteroatoms. The zero-order chi connectivity index (χ0) is 14.7. The number of benzene rings is 2. The summed E-state index contributed by atoms with van der Waals surface area (Å²) in [6.07, 6.45) is 0. The van der Waals surface area contributed by atoms with Crippen LogP contribution >= 0.6 is 12.2 Å². The highest BCUT2D eigenvalue weighted by molar-refractivity contribution is 7.80. The molecule has 0 amide bonds. The number of halogens is 1. The van der Waals surface area contributed by atoms with E-state index in [2.05, 4.69) is 0 Å². The van der Waals surface area contributed by atoms with Crippen molar-refractivity contribution in [3.63, 3.8) is 0 Å². The summed E-state index contributed by atoms with van der Waals surface area (Å²) in [5.74, 6) is 0.406. The monoisotopic (exact) mass is 289 g/mol. The van der Waals surface area contributed by atoms with Crippen LogP contribution in [0.5, 0.6) is 5.75 Å². The molecule has 20 heavy (non-hydrogen) atoms. The van der Waals surface area contributed by atoms with Crippen LogP contribution in [-0.4, -0.2) is 4.99 Å². The van der Waals surface area contributed by atoms with E-state index in [4.69, 9.17) is 22.7 Å². The maximum atomic E-state index is 13.9. The van der Waals surface area contributed by atoms with Gasteiger partial charge >= 0.3 is 0 Å². The Morgan fingerprint density at radius 3 is 2.65 bits per heavy atom. The summed E-state index contributed by atoms with van der Waals surface area (Å²) >= 11 is 4.82. The Bertz CT molecular complexity index is 655. The topological polar surface area (TPSA) is 35.2 Å². The van der Waals surface area contributed by atoms with Crippen LogP contribution in [-0.2, 0) is 6.61 Å². The van der Waals surface area contributed by atoms with Gasteiger partial charge in [-0.15, -0.1) is 0 Å². The molecule has 2 aromatic rings. The van der Waals surface area contributed by atoms with Crippen molar-refractivity contribution < 1.29 is 9.13 Å². The average molecular weight is 289 g/mol. The van der Waals surface area contributed by atoms with E-state index in [0.717, 1.165) is 16.9 Å². The number of thiocarbonyl (C=S) groups is 1. The van der Waals surface area contributed by atoms with Gasteiger partial charge in [0.2, 0.25) is 0 Å². The fourth-order valence-electron chi connectivity index (χ4n) is 1.85. The van der Waals surface area contributed by atoms with Crippen molar-refractivity contribution in [1.82, 2.24) is 0 Å². The van der Waals surface area contributed by atoms with Crippen LogP contribution in [0.2, 0.25) is 0 Å². The smallest absolute Gasteiger partial charge is 0.130 e. The minimum absolute atomic E-state index is 0.174. The average Bonchev–Trinajstić information content (AvgIpc) is 2.41. The van der Waals surface area contributed by atoms with Gasteiger partial charge in [0, 0.05) is 11.1 Å². The van der Waals surface area contributed by atoms with Crippen LogP contribution in [0.25, 0.3) is 0 Å². The van der Waals surface area contributed by atoms with Crippen LogP contribution in [0.1, 0.15) is 22.3 Å². The quantitative estimate of drug-likeness (QED) is 0.873. The fraction of sp³-hybridized carbons (Fsp3) is 0.188. The van der Waals surface area contributed by atoms with Crippen molar-refractivity contribution in [2.45, 2.75) is 20.5 Å². The first-order valence-corrected chi connectivity index (χ1v) is 6.67. The third kappa shape index (κ3) is 3.14. The lowest BCUT2D eigenvalue weighted by molar-refractivity contribution is 0.297. The number of hydrogen-bond donors (Lipinski definition) is 1. The van der Waals surface area contributed by atoms with Crippen molar-refractivity contribution >= 4 is 17.2 Å². The second kappa shape index (κ2) is 6.01. The second-order valence-corrected chi connectivity index (χ2v) is 5.10. The molecule has 2 aromatic carbocycles. The first-order valence-electron chi connectivity index (χ1n) is 6.26. The third-order valence-corrected chi connectivity index (χ3v) is 3.51. The third-order valence-electron chi connectivity index (χ3n) is 3.28. The van der Waals surface area contributed by atoms with E-state index in [9.17, 15) is 4.39 Å². The molecule has 0 radical (unpaired) electrons. The Hall–Kier alpha value is -1.94. The molecule has 0 fully saturated rings. The summed E-state index contributed by atoms with van der Waals surface area (Å²) in [6, 6.07) is 10.5. The maximum absolute atomic E-state index is 13.9. The van der Waals surface area contributed by atoms with Crippen LogP contribution in [0.4, 0.5) is 4.39 Å². The van der Waals surface area contributed by atoms with Crippen LogP contribution in [0, 0.1) is 19.7 Å². The molecule has 2 rings (SSSR count). The zero-order valence-electron chi connectivity index (χ0n) is 11.4. The summed E-state index contributed by atoms with van der Waals surface area (Å²) in [4.78, 5) is 0.186. The minimum Gasteiger partial charge on any atom is -0.489 e. The van der Waals surface area contributed by atoms with E-state index in [1.54, 1.807) is 12.1 Å². The predicted molar refractivity (Wildman–Crippen MR) is 82.5 cm³/mol. The largest absolute Gasteiger partial charge is 0.489 e. The molecule has 0 aliphatic heterocycles. The summed E-state index contributed by atoms with van der Waals surface area (Å²) in [7, 11) is 0. The van der Waals surface area contributed by atoms with E-state index in [-0.39, 0.29) is 17.4 Å². The van der Waals surface area contributed by atoms with E-state index >= 15 is 0 Å². The normalized spacial score (nSPS) is 10.3. The lowest BCUT2D eigenvalue weighted by atomic mass is 10.1. The van der Waals surface area contributed by atoms with Gasteiger partial charge in [0.15, 0.2) is 0 Å². The molecule has 0 aliphatic rings. The summed E-state index contributed by atoms with van der Waals surface area (Å²) in [6.45, 7) is 4.17. The predicted octanol–water partition coefficient (Wildman–Crippen LogP) is 3.66. The lowest BCUT2D eigenvalue weighted by Gasteiger charge is -2.11. The highest BCUT2D eigenvalue weighted by Gasteiger charge is 2.07. The highest BCUT2D eigenvalue weighted by atomic mass is 32.1. The molecular formula is C16H16FNOS. The van der Waals surface area contributed by atoms with Crippen LogP contribution in [0.15, 0.2) is 36.4 Å². The van der Waals surface area contributed by atoms with Crippen molar-refractivity contribution in [3.05, 3.63) is 64.5 Å². The number of ether oxygens (including phenoxy) is 1. The molecule has 0 heterocycles. The summed E-state index contributed by atoms with van der Waals surface area (Å²) in [5.41, 5.74) is 8.67. The van der Waals surface area contributed by atoms with Gasteiger partial charge in [-0.3, -0.25) is 0 Å². The van der Waals surface area contributed by atoms with Crippen LogP contribution in [0.3, 0.4) is 0 Å². The van der Waals surface area contributed by atoms with Gasteiger partial charge in [-0.25, -0.2) is 4.39 Å². The Labute approximate surface area is 123 Å². The molecule has 0 atom stereocenters. The van der Waals surface area contributed by atoms with Gasteiger partial charge < -0.3 is 10.5 Å². The van der Waals surface area contributed by atoms with E-state index in [0.29, 0.717) is 11.1 Å². The van der Waals surface area contributed by atoms with Gasteiger partial charge in [-0.1, -0.05) is 36.5 Å². The second-order valence-electron chi connectivity index (χ2n) is 4.66. The molecule has 0 saturated heterocycles. The number of nitrogens with two attached hydrogens (primary N) is 1. The molecule has 0 aliphatic carbocycles. The number of aryl methyl sites for hydroxylation is 1. The first kappa shape index (κ1) is 14.5. The first-order chi connectivity index (χ1) is 9.49. The SMILES string of the molecule is Cc1cccc(OCc2ccc(C(N)=S)cc2F)c1C. The number of rotatable bonds is 4. The molecule has 104 valence electrons. The van der Waals surface area contributed by atoms with Gasteiger partial charge in [-0.05, 0) is 37.1 Å². The molecular weight excluding hydrogens is 273 g/mol. The molecule has 0 aromatic heterocycles. The van der Waals surface area contributed by atoms with E-state index in [1.165, 1.54) is 6.07 Å². The fourth-order valence-corrected chi connectivity index (χ4v) is 1.98. The standard InChI is InChI=1S/C16H16FNOS/c1-10-4-3-5-15(11(10)2)19-9-13-7-6-12(16(18)20)8-14(13)17/h3-8H,9H2,1-2H3,(H2,18,20). The van der Waals surface area contributed by atoms with E-state index < -0.39 is 0 Å². The van der Waals surface area contributed by atoms with Crippen LogP contribution < -0.4 is 10.5 Å². The maximum Gasteiger partial charge on any atom is 0.130 e. The Kier molecular flexibility index (Phi) is 4.35. The van der Waals surface area contributed by atoms with Crippen molar-refractivity contribution in [1.29, 1.82) is 0 Å². The highest BCUT2D eigenvalue weighted by Crippen LogP contribution is 2.22. The Morgan fingerprint density at radius 1 is 1.25 bits per heavy atom. The Balaban J connectivity index is 2.15. The molecule has 0 spiro atoms.